The molecule has 0 amide bonds. The van der Waals surface area contributed by atoms with Crippen molar-refractivity contribution in [3.8, 4) is 33.4 Å². The average Bonchev–Trinajstić information content (AvgIpc) is 3.22. The molecule has 0 atom stereocenters. The van der Waals surface area contributed by atoms with E-state index in [0.717, 1.165) is 21.8 Å². The Bertz CT molecular complexity index is 3210. The largest absolute Gasteiger partial charge is 0.254 e. The summed E-state index contributed by atoms with van der Waals surface area (Å²) in [6.45, 7) is 0. The van der Waals surface area contributed by atoms with Crippen molar-refractivity contribution >= 4 is 75.7 Å². The maximum atomic E-state index is 4.70. The van der Waals surface area contributed by atoms with E-state index in [1.54, 1.807) is 0 Å². The highest BCUT2D eigenvalue weighted by molar-refractivity contribution is 6.32. The first-order chi connectivity index (χ1) is 25.8. The van der Waals surface area contributed by atoms with Crippen LogP contribution >= 0.6 is 0 Å². The molecule has 0 saturated carbocycles. The van der Waals surface area contributed by atoms with Gasteiger partial charge in [0, 0.05) is 23.2 Å². The molecule has 0 fully saturated rings. The number of hydrogen-bond acceptors (Lipinski definition) is 2. The molecule has 9 aromatic carbocycles. The van der Waals surface area contributed by atoms with Crippen molar-refractivity contribution in [1.29, 1.82) is 0 Å². The summed E-state index contributed by atoms with van der Waals surface area (Å²) in [6.07, 6.45) is 3.68. The van der Waals surface area contributed by atoms with Crippen LogP contribution in [0.2, 0.25) is 0 Å². The van der Waals surface area contributed by atoms with Crippen molar-refractivity contribution in [2.75, 3.05) is 0 Å². The molecule has 240 valence electrons. The molecule has 11 aromatic rings. The summed E-state index contributed by atoms with van der Waals surface area (Å²) in [5.74, 6) is 0. The van der Waals surface area contributed by atoms with Gasteiger partial charge in [-0.1, -0.05) is 146 Å². The van der Waals surface area contributed by atoms with E-state index in [-0.39, 0.29) is 0 Å². The highest BCUT2D eigenvalue weighted by atomic mass is 14.7. The molecule has 2 heterocycles. The summed E-state index contributed by atoms with van der Waals surface area (Å²) in [6, 6.07) is 62.2. The lowest BCUT2D eigenvalue weighted by Gasteiger charge is -2.14. The van der Waals surface area contributed by atoms with Crippen LogP contribution in [0.5, 0.6) is 0 Å². The summed E-state index contributed by atoms with van der Waals surface area (Å²) in [5.41, 5.74) is 9.00. The second-order valence-corrected chi connectivity index (χ2v) is 13.7. The van der Waals surface area contributed by atoms with Crippen LogP contribution in [0, 0.1) is 0 Å². The summed E-state index contributed by atoms with van der Waals surface area (Å²) in [7, 11) is 0. The number of pyridine rings is 2. The van der Waals surface area contributed by atoms with Crippen LogP contribution in [0.15, 0.2) is 182 Å². The van der Waals surface area contributed by atoms with Gasteiger partial charge in [0.05, 0.1) is 11.0 Å². The first kappa shape index (κ1) is 28.9. The molecule has 0 spiro atoms. The van der Waals surface area contributed by atoms with Crippen molar-refractivity contribution in [3.05, 3.63) is 182 Å². The zero-order chi connectivity index (χ0) is 34.2. The van der Waals surface area contributed by atoms with Crippen LogP contribution in [-0.4, -0.2) is 9.97 Å². The van der Waals surface area contributed by atoms with Crippen molar-refractivity contribution in [2.45, 2.75) is 0 Å². The molecule has 0 aliphatic heterocycles. The highest BCUT2D eigenvalue weighted by Gasteiger charge is 2.14. The summed E-state index contributed by atoms with van der Waals surface area (Å²) >= 11 is 0. The number of aromatic nitrogens is 2. The third-order valence-electron chi connectivity index (χ3n) is 10.9. The Hall–Kier alpha value is -6.90. The van der Waals surface area contributed by atoms with Gasteiger partial charge in [0.2, 0.25) is 0 Å². The SMILES string of the molecule is c1cnc2c(c1)cc(-c1ccc(-c3ccc(-c4ccc5c(c4)c4ccccc4c4cccc6ccc7cccc5c7c64)cc3)cc1)c1cccnc12. The smallest absolute Gasteiger partial charge is 0.0970 e. The molecule has 0 bridgehead atoms. The van der Waals surface area contributed by atoms with Gasteiger partial charge in [-0.05, 0) is 112 Å². The van der Waals surface area contributed by atoms with Gasteiger partial charge in [-0.3, -0.25) is 9.97 Å². The lowest BCUT2D eigenvalue weighted by atomic mass is 9.89. The quantitative estimate of drug-likeness (QED) is 0.177. The van der Waals surface area contributed by atoms with Gasteiger partial charge in [-0.15, -0.1) is 0 Å². The van der Waals surface area contributed by atoms with Gasteiger partial charge in [0.25, 0.3) is 0 Å². The molecule has 0 radical (unpaired) electrons. The van der Waals surface area contributed by atoms with Crippen molar-refractivity contribution in [2.24, 2.45) is 0 Å². The van der Waals surface area contributed by atoms with Crippen molar-refractivity contribution in [1.82, 2.24) is 9.97 Å². The van der Waals surface area contributed by atoms with Crippen LogP contribution in [0.4, 0.5) is 0 Å². The summed E-state index contributed by atoms with van der Waals surface area (Å²) in [4.78, 5) is 9.33. The predicted octanol–water partition coefficient (Wildman–Crippen LogP) is 13.5. The minimum atomic E-state index is 0.936. The molecule has 2 heteroatoms. The zero-order valence-electron chi connectivity index (χ0n) is 28.2. The minimum absolute atomic E-state index is 0.936. The fourth-order valence-corrected chi connectivity index (χ4v) is 8.45. The second-order valence-electron chi connectivity index (χ2n) is 13.7. The van der Waals surface area contributed by atoms with Crippen LogP contribution in [-0.2, 0) is 0 Å². The molecule has 0 aliphatic rings. The molecule has 0 aliphatic carbocycles. The van der Waals surface area contributed by atoms with Gasteiger partial charge < -0.3 is 0 Å². The average molecular weight is 659 g/mol. The Labute approximate surface area is 300 Å². The Morgan fingerprint density at radius 1 is 0.269 bits per heavy atom. The van der Waals surface area contributed by atoms with Crippen LogP contribution < -0.4 is 0 Å². The van der Waals surface area contributed by atoms with Gasteiger partial charge in [0.1, 0.15) is 0 Å². The second kappa shape index (κ2) is 11.3. The van der Waals surface area contributed by atoms with Gasteiger partial charge in [-0.25, -0.2) is 0 Å². The third kappa shape index (κ3) is 4.38. The van der Waals surface area contributed by atoms with E-state index < -0.39 is 0 Å². The number of rotatable bonds is 3. The van der Waals surface area contributed by atoms with Gasteiger partial charge in [0.15, 0.2) is 0 Å². The van der Waals surface area contributed by atoms with Crippen molar-refractivity contribution in [3.63, 3.8) is 0 Å². The number of nitrogens with zero attached hydrogens (tertiary/aromatic N) is 2. The van der Waals surface area contributed by atoms with E-state index in [2.05, 4.69) is 163 Å². The standard InChI is InChI=1S/C50H30N2/c1-2-11-40-39(10-1)42-12-3-7-35-23-24-36-8-4-13-43(48(36)47(35)42)41-26-25-37(29-46(40)41)33-17-15-31(16-18-33)32-19-21-34(22-20-32)45-30-38-9-5-27-51-49(38)50-44(45)14-6-28-52-50/h1-30H. The monoisotopic (exact) mass is 658 g/mol. The molecular weight excluding hydrogens is 629 g/mol. The molecular formula is C50H30N2. The first-order valence-corrected chi connectivity index (χ1v) is 17.8. The molecule has 0 saturated heterocycles. The van der Waals surface area contributed by atoms with E-state index in [4.69, 9.17) is 4.98 Å². The minimum Gasteiger partial charge on any atom is -0.254 e. The highest BCUT2D eigenvalue weighted by Crippen LogP contribution is 2.41. The molecule has 0 unspecified atom stereocenters. The maximum absolute atomic E-state index is 4.70. The number of hydrogen-bond donors (Lipinski definition) is 0. The lowest BCUT2D eigenvalue weighted by Crippen LogP contribution is -1.89. The topological polar surface area (TPSA) is 25.8 Å². The first-order valence-electron chi connectivity index (χ1n) is 17.8. The Morgan fingerprint density at radius 3 is 1.42 bits per heavy atom. The normalized spacial score (nSPS) is 11.8. The Balaban J connectivity index is 1.02. The Morgan fingerprint density at radius 2 is 0.750 bits per heavy atom. The fraction of sp³-hybridized carbons (Fsp3) is 0. The predicted molar refractivity (Wildman–Crippen MR) is 221 cm³/mol. The number of fused-ring (bicyclic) bond motifs is 8. The molecule has 52 heavy (non-hydrogen) atoms. The summed E-state index contributed by atoms with van der Waals surface area (Å²) in [5, 5.41) is 15.1. The van der Waals surface area contributed by atoms with Gasteiger partial charge in [-0.2, -0.15) is 0 Å². The summed E-state index contributed by atoms with van der Waals surface area (Å²) < 4.78 is 0. The third-order valence-corrected chi connectivity index (χ3v) is 10.9. The van der Waals surface area contributed by atoms with Gasteiger partial charge >= 0.3 is 0 Å². The zero-order valence-corrected chi connectivity index (χ0v) is 28.2. The molecule has 2 aromatic heterocycles. The van der Waals surface area contributed by atoms with E-state index in [1.807, 2.05) is 24.5 Å². The number of benzene rings is 8. The van der Waals surface area contributed by atoms with E-state index in [9.17, 15) is 0 Å². The van der Waals surface area contributed by atoms with E-state index >= 15 is 0 Å². The molecule has 0 N–H and O–H groups in total. The van der Waals surface area contributed by atoms with Crippen molar-refractivity contribution < 1.29 is 0 Å². The van der Waals surface area contributed by atoms with E-state index in [1.165, 1.54) is 87.2 Å². The van der Waals surface area contributed by atoms with Crippen LogP contribution in [0.25, 0.3) is 109 Å². The van der Waals surface area contributed by atoms with E-state index in [0.29, 0.717) is 0 Å². The van der Waals surface area contributed by atoms with Crippen LogP contribution in [0.3, 0.4) is 0 Å². The lowest BCUT2D eigenvalue weighted by molar-refractivity contribution is 1.37. The Kier molecular flexibility index (Phi) is 6.28. The molecule has 11 rings (SSSR count). The maximum Gasteiger partial charge on any atom is 0.0970 e. The molecule has 2 nitrogen and oxygen atoms in total. The fourth-order valence-electron chi connectivity index (χ4n) is 8.45. The van der Waals surface area contributed by atoms with Crippen LogP contribution in [0.1, 0.15) is 0 Å².